The summed E-state index contributed by atoms with van der Waals surface area (Å²) in [6, 6.07) is 13.8. The van der Waals surface area contributed by atoms with Crippen molar-refractivity contribution in [1.29, 1.82) is 5.26 Å². The number of benzene rings is 1. The second kappa shape index (κ2) is 5.84. The molecular weight excluding hydrogens is 312 g/mol. The highest BCUT2D eigenvalue weighted by Gasteiger charge is 2.09. The maximum Gasteiger partial charge on any atom is 0.141 e. The zero-order valence-corrected chi connectivity index (χ0v) is 13.6. The molecule has 0 saturated carbocycles. The van der Waals surface area contributed by atoms with Gasteiger partial charge in [-0.1, -0.05) is 24.3 Å². The molecule has 0 saturated heterocycles. The molecule has 0 bridgehead atoms. The van der Waals surface area contributed by atoms with Crippen molar-refractivity contribution in [2.75, 3.05) is 0 Å². The Morgan fingerprint density at radius 3 is 2.60 bits per heavy atom. The van der Waals surface area contributed by atoms with Crippen LogP contribution in [0.3, 0.4) is 0 Å². The van der Waals surface area contributed by atoms with Crippen LogP contribution in [0.4, 0.5) is 0 Å². The average Bonchev–Trinajstić information content (AvgIpc) is 2.98. The van der Waals surface area contributed by atoms with E-state index in [1.165, 1.54) is 0 Å². The summed E-state index contributed by atoms with van der Waals surface area (Å²) < 4.78 is 0. The van der Waals surface area contributed by atoms with E-state index in [1.807, 2.05) is 30.5 Å². The predicted molar refractivity (Wildman–Crippen MR) is 95.9 cm³/mol. The van der Waals surface area contributed by atoms with Crippen LogP contribution >= 0.6 is 0 Å². The third-order valence-corrected chi connectivity index (χ3v) is 4.19. The summed E-state index contributed by atoms with van der Waals surface area (Å²) in [6.07, 6.45) is 3.92. The first-order valence-electron chi connectivity index (χ1n) is 7.90. The van der Waals surface area contributed by atoms with Gasteiger partial charge in [-0.2, -0.15) is 5.26 Å². The lowest BCUT2D eigenvalue weighted by atomic mass is 10.0. The molecule has 0 aliphatic heterocycles. The predicted octanol–water partition coefficient (Wildman–Crippen LogP) is 3.78. The van der Waals surface area contributed by atoms with Crippen LogP contribution in [0, 0.1) is 11.3 Å². The van der Waals surface area contributed by atoms with E-state index in [0.29, 0.717) is 12.1 Å². The van der Waals surface area contributed by atoms with E-state index in [2.05, 4.69) is 27.1 Å². The summed E-state index contributed by atoms with van der Waals surface area (Å²) in [5.74, 6) is 0.150. The van der Waals surface area contributed by atoms with E-state index >= 15 is 0 Å². The summed E-state index contributed by atoms with van der Waals surface area (Å²) in [5, 5.41) is 11.0. The monoisotopic (exact) mass is 326 g/mol. The Bertz CT molecular complexity index is 1150. The third kappa shape index (κ3) is 2.74. The van der Waals surface area contributed by atoms with Crippen molar-refractivity contribution in [3.05, 3.63) is 60.0 Å². The number of carbonyl (C=O) groups is 1. The van der Waals surface area contributed by atoms with Gasteiger partial charge in [0.1, 0.15) is 23.2 Å². The van der Waals surface area contributed by atoms with Gasteiger partial charge in [-0.05, 0) is 30.2 Å². The number of hydrogen-bond donors (Lipinski definition) is 1. The van der Waals surface area contributed by atoms with Gasteiger partial charge in [0.15, 0.2) is 0 Å². The minimum atomic E-state index is 0.150. The number of aromatic amines is 1. The maximum absolute atomic E-state index is 11.2. The molecule has 4 rings (SSSR count). The van der Waals surface area contributed by atoms with Gasteiger partial charge in [0, 0.05) is 29.0 Å². The minimum absolute atomic E-state index is 0.150. The van der Waals surface area contributed by atoms with Crippen molar-refractivity contribution < 1.29 is 4.79 Å². The van der Waals surface area contributed by atoms with Crippen LogP contribution in [0.2, 0.25) is 0 Å². The molecule has 5 heteroatoms. The molecular formula is C20H14N4O. The van der Waals surface area contributed by atoms with Gasteiger partial charge in [-0.3, -0.25) is 4.79 Å². The highest BCUT2D eigenvalue weighted by Crippen LogP contribution is 2.28. The number of nitriles is 1. The van der Waals surface area contributed by atoms with Crippen LogP contribution in [0.25, 0.3) is 33.1 Å². The number of Topliss-reactive ketones (excluding diaryl/α,β-unsaturated/α-hetero) is 1. The third-order valence-electron chi connectivity index (χ3n) is 4.19. The second-order valence-electron chi connectivity index (χ2n) is 6.05. The van der Waals surface area contributed by atoms with Crippen LogP contribution < -0.4 is 0 Å². The molecule has 0 amide bonds. The van der Waals surface area contributed by atoms with Crippen LogP contribution in [0.15, 0.2) is 48.8 Å². The highest BCUT2D eigenvalue weighted by atomic mass is 16.1. The molecule has 1 aromatic carbocycles. The van der Waals surface area contributed by atoms with E-state index in [0.717, 1.165) is 38.6 Å². The Kier molecular flexibility index (Phi) is 3.51. The molecule has 3 aromatic heterocycles. The molecule has 4 aromatic rings. The van der Waals surface area contributed by atoms with Crippen molar-refractivity contribution in [3.63, 3.8) is 0 Å². The second-order valence-corrected chi connectivity index (χ2v) is 6.05. The standard InChI is InChI=1S/C20H14N4O/c1-12(25)6-13-2-4-14(5-3-13)15-7-18-17-8-16(9-21)22-11-19(17)24-20(18)23-10-15/h2-5,7-8,10-11H,6H2,1H3,(H,23,24). The van der Waals surface area contributed by atoms with Crippen molar-refractivity contribution in [1.82, 2.24) is 15.0 Å². The maximum atomic E-state index is 11.2. The number of ketones is 1. The number of pyridine rings is 2. The number of nitrogens with zero attached hydrogens (tertiary/aromatic N) is 3. The molecule has 3 heterocycles. The van der Waals surface area contributed by atoms with E-state index in [9.17, 15) is 4.79 Å². The number of nitrogens with one attached hydrogen (secondary N) is 1. The summed E-state index contributed by atoms with van der Waals surface area (Å²) >= 11 is 0. The average molecular weight is 326 g/mol. The number of fused-ring (bicyclic) bond motifs is 3. The van der Waals surface area contributed by atoms with Gasteiger partial charge in [0.05, 0.1) is 11.7 Å². The Hall–Kier alpha value is -3.52. The van der Waals surface area contributed by atoms with E-state index in [4.69, 9.17) is 5.26 Å². The lowest BCUT2D eigenvalue weighted by Crippen LogP contribution is -1.95. The van der Waals surface area contributed by atoms with Gasteiger partial charge in [0.2, 0.25) is 0 Å². The number of aromatic nitrogens is 3. The summed E-state index contributed by atoms with van der Waals surface area (Å²) in [4.78, 5) is 23.0. The molecule has 5 nitrogen and oxygen atoms in total. The van der Waals surface area contributed by atoms with E-state index < -0.39 is 0 Å². The van der Waals surface area contributed by atoms with Crippen LogP contribution in [0.5, 0.6) is 0 Å². The van der Waals surface area contributed by atoms with E-state index in [1.54, 1.807) is 19.2 Å². The van der Waals surface area contributed by atoms with Crippen molar-refractivity contribution in [2.24, 2.45) is 0 Å². The number of H-pyrrole nitrogens is 1. The molecule has 0 spiro atoms. The zero-order chi connectivity index (χ0) is 17.4. The molecule has 0 atom stereocenters. The molecule has 0 fully saturated rings. The van der Waals surface area contributed by atoms with Crippen LogP contribution in [-0.2, 0) is 11.2 Å². The van der Waals surface area contributed by atoms with Gasteiger partial charge in [0.25, 0.3) is 0 Å². The Balaban J connectivity index is 1.81. The fourth-order valence-electron chi connectivity index (χ4n) is 3.00. The first kappa shape index (κ1) is 15.0. The number of rotatable bonds is 3. The quantitative estimate of drug-likeness (QED) is 0.621. The van der Waals surface area contributed by atoms with Gasteiger partial charge in [-0.25, -0.2) is 9.97 Å². The summed E-state index contributed by atoms with van der Waals surface area (Å²) in [5.41, 5.74) is 5.03. The Labute approximate surface area is 144 Å². The number of hydrogen-bond acceptors (Lipinski definition) is 4. The summed E-state index contributed by atoms with van der Waals surface area (Å²) in [7, 11) is 0. The smallest absolute Gasteiger partial charge is 0.141 e. The first-order chi connectivity index (χ1) is 12.1. The van der Waals surface area contributed by atoms with Crippen LogP contribution in [-0.4, -0.2) is 20.7 Å². The highest BCUT2D eigenvalue weighted by molar-refractivity contribution is 6.06. The van der Waals surface area contributed by atoms with Gasteiger partial charge in [-0.15, -0.1) is 0 Å². The SMILES string of the molecule is CC(=O)Cc1ccc(-c2cnc3[nH]c4cnc(C#N)cc4c3c2)cc1. The molecule has 0 aliphatic rings. The minimum Gasteiger partial charge on any atom is -0.338 e. The van der Waals surface area contributed by atoms with Crippen molar-refractivity contribution in [2.45, 2.75) is 13.3 Å². The van der Waals surface area contributed by atoms with Gasteiger partial charge >= 0.3 is 0 Å². The fraction of sp³-hybridized carbons (Fsp3) is 0.100. The Morgan fingerprint density at radius 2 is 1.88 bits per heavy atom. The first-order valence-corrected chi connectivity index (χ1v) is 7.90. The lowest BCUT2D eigenvalue weighted by molar-refractivity contribution is -0.116. The Morgan fingerprint density at radius 1 is 1.08 bits per heavy atom. The molecule has 120 valence electrons. The normalized spacial score (nSPS) is 10.9. The van der Waals surface area contributed by atoms with Crippen molar-refractivity contribution in [3.8, 4) is 17.2 Å². The molecule has 1 N–H and O–H groups in total. The fourth-order valence-corrected chi connectivity index (χ4v) is 3.00. The number of carbonyl (C=O) groups excluding carboxylic acids is 1. The molecule has 0 radical (unpaired) electrons. The van der Waals surface area contributed by atoms with Crippen molar-refractivity contribution >= 4 is 27.7 Å². The molecule has 25 heavy (non-hydrogen) atoms. The largest absolute Gasteiger partial charge is 0.338 e. The lowest BCUT2D eigenvalue weighted by Gasteiger charge is -2.04. The zero-order valence-electron chi connectivity index (χ0n) is 13.6. The van der Waals surface area contributed by atoms with E-state index in [-0.39, 0.29) is 5.78 Å². The topological polar surface area (TPSA) is 82.4 Å². The van der Waals surface area contributed by atoms with Gasteiger partial charge < -0.3 is 4.98 Å². The van der Waals surface area contributed by atoms with Crippen LogP contribution in [0.1, 0.15) is 18.2 Å². The molecule has 0 unspecified atom stereocenters. The summed E-state index contributed by atoms with van der Waals surface area (Å²) in [6.45, 7) is 1.59. The molecule has 0 aliphatic carbocycles.